The Hall–Kier alpha value is -2.82. The summed E-state index contributed by atoms with van der Waals surface area (Å²) in [5.74, 6) is -0.382. The molecule has 1 aromatic heterocycles. The predicted octanol–water partition coefficient (Wildman–Crippen LogP) is 2.38. The van der Waals surface area contributed by atoms with Crippen LogP contribution in [0.4, 0.5) is 0 Å². The van der Waals surface area contributed by atoms with Crippen molar-refractivity contribution in [2.45, 2.75) is 19.4 Å². The minimum absolute atomic E-state index is 0.00321. The molecule has 3 aromatic rings. The fourth-order valence-corrected chi connectivity index (χ4v) is 2.48. The van der Waals surface area contributed by atoms with E-state index >= 15 is 0 Å². The fraction of sp³-hybridized carbons (Fsp3) is 0.222. The smallest absolute Gasteiger partial charge is 0.408 e. The third-order valence-corrected chi connectivity index (χ3v) is 3.83. The third-order valence-electron chi connectivity index (χ3n) is 3.83. The van der Waals surface area contributed by atoms with Crippen LogP contribution in [0, 0.1) is 0 Å². The summed E-state index contributed by atoms with van der Waals surface area (Å²) in [4.78, 5) is 23.4. The number of oxazole rings is 1. The van der Waals surface area contributed by atoms with Gasteiger partial charge in [0.05, 0.1) is 5.52 Å². The van der Waals surface area contributed by atoms with Crippen LogP contribution in [0.15, 0.2) is 57.7 Å². The standard InChI is InChI=1S/C18H18N2O3/c1-20-15-9-7-14(11-16(15)23-18(20)22)12-19-17(21)10-8-13-5-3-2-4-6-13/h2-7,9,11H,8,10,12H2,1H3,(H,19,21). The number of fused-ring (bicyclic) bond motifs is 1. The highest BCUT2D eigenvalue weighted by molar-refractivity contribution is 5.77. The molecule has 0 saturated heterocycles. The first-order valence-electron chi connectivity index (χ1n) is 7.52. The molecule has 0 spiro atoms. The highest BCUT2D eigenvalue weighted by Gasteiger charge is 2.07. The Bertz CT molecular complexity index is 878. The van der Waals surface area contributed by atoms with E-state index in [1.165, 1.54) is 4.57 Å². The molecule has 0 radical (unpaired) electrons. The van der Waals surface area contributed by atoms with E-state index in [4.69, 9.17) is 4.42 Å². The minimum Gasteiger partial charge on any atom is -0.408 e. The summed E-state index contributed by atoms with van der Waals surface area (Å²) < 4.78 is 6.60. The number of aromatic nitrogens is 1. The van der Waals surface area contributed by atoms with E-state index in [0.717, 1.165) is 23.1 Å². The molecule has 0 aliphatic heterocycles. The van der Waals surface area contributed by atoms with Crippen LogP contribution in [-0.2, 0) is 24.8 Å². The number of carbonyl (C=O) groups excluding carboxylic acids is 1. The van der Waals surface area contributed by atoms with E-state index < -0.39 is 0 Å². The van der Waals surface area contributed by atoms with Gasteiger partial charge in [-0.1, -0.05) is 36.4 Å². The lowest BCUT2D eigenvalue weighted by molar-refractivity contribution is -0.121. The van der Waals surface area contributed by atoms with Gasteiger partial charge in [0.15, 0.2) is 5.58 Å². The molecule has 118 valence electrons. The van der Waals surface area contributed by atoms with Gasteiger partial charge in [0, 0.05) is 20.0 Å². The first-order chi connectivity index (χ1) is 11.1. The maximum absolute atomic E-state index is 11.9. The Labute approximate surface area is 133 Å². The van der Waals surface area contributed by atoms with Crippen LogP contribution in [0.2, 0.25) is 0 Å². The topological polar surface area (TPSA) is 64.2 Å². The van der Waals surface area contributed by atoms with Gasteiger partial charge in [0.1, 0.15) is 0 Å². The Balaban J connectivity index is 1.57. The lowest BCUT2D eigenvalue weighted by atomic mass is 10.1. The van der Waals surface area contributed by atoms with Crippen molar-refractivity contribution in [1.82, 2.24) is 9.88 Å². The molecule has 0 aliphatic rings. The lowest BCUT2D eigenvalue weighted by Gasteiger charge is -2.05. The molecule has 2 aromatic carbocycles. The molecule has 1 amide bonds. The summed E-state index contributed by atoms with van der Waals surface area (Å²) >= 11 is 0. The lowest BCUT2D eigenvalue weighted by Crippen LogP contribution is -2.22. The fourth-order valence-electron chi connectivity index (χ4n) is 2.48. The van der Waals surface area contributed by atoms with E-state index in [1.54, 1.807) is 13.1 Å². The van der Waals surface area contributed by atoms with Crippen LogP contribution in [0.3, 0.4) is 0 Å². The normalized spacial score (nSPS) is 10.8. The van der Waals surface area contributed by atoms with Crippen LogP contribution in [0.1, 0.15) is 17.5 Å². The molecule has 1 N–H and O–H groups in total. The van der Waals surface area contributed by atoms with Crippen molar-refractivity contribution in [2.75, 3.05) is 0 Å². The van der Waals surface area contributed by atoms with Crippen molar-refractivity contribution in [3.63, 3.8) is 0 Å². The second kappa shape index (κ2) is 6.52. The molecule has 1 heterocycles. The Morgan fingerprint density at radius 1 is 1.13 bits per heavy atom. The number of hydrogen-bond acceptors (Lipinski definition) is 3. The molecule has 0 unspecified atom stereocenters. The van der Waals surface area contributed by atoms with Crippen LogP contribution >= 0.6 is 0 Å². The van der Waals surface area contributed by atoms with E-state index in [1.807, 2.05) is 42.5 Å². The molecule has 3 rings (SSSR count). The molecular formula is C18H18N2O3. The number of hydrogen-bond donors (Lipinski definition) is 1. The first kappa shape index (κ1) is 15.1. The van der Waals surface area contributed by atoms with Crippen molar-refractivity contribution >= 4 is 17.0 Å². The van der Waals surface area contributed by atoms with Gasteiger partial charge < -0.3 is 9.73 Å². The zero-order valence-corrected chi connectivity index (χ0v) is 12.9. The summed E-state index contributed by atoms with van der Waals surface area (Å²) in [7, 11) is 1.67. The summed E-state index contributed by atoms with van der Waals surface area (Å²) in [5.41, 5.74) is 3.33. The molecule has 0 bridgehead atoms. The van der Waals surface area contributed by atoms with E-state index in [9.17, 15) is 9.59 Å². The molecule has 23 heavy (non-hydrogen) atoms. The summed E-state index contributed by atoms with van der Waals surface area (Å²) in [6.07, 6.45) is 1.17. The highest BCUT2D eigenvalue weighted by atomic mass is 16.4. The van der Waals surface area contributed by atoms with Crippen LogP contribution in [0.5, 0.6) is 0 Å². The molecule has 0 saturated carbocycles. The maximum Gasteiger partial charge on any atom is 0.419 e. The van der Waals surface area contributed by atoms with Gasteiger partial charge in [-0.3, -0.25) is 9.36 Å². The minimum atomic E-state index is -0.385. The molecule has 0 aliphatic carbocycles. The second-order valence-electron chi connectivity index (χ2n) is 5.49. The zero-order valence-electron chi connectivity index (χ0n) is 12.9. The van der Waals surface area contributed by atoms with Gasteiger partial charge in [-0.2, -0.15) is 0 Å². The van der Waals surface area contributed by atoms with Crippen LogP contribution < -0.4 is 11.1 Å². The monoisotopic (exact) mass is 310 g/mol. The van der Waals surface area contributed by atoms with Crippen molar-refractivity contribution in [2.24, 2.45) is 7.05 Å². The summed E-state index contributed by atoms with van der Waals surface area (Å²) in [6.45, 7) is 0.419. The number of benzene rings is 2. The quantitative estimate of drug-likeness (QED) is 0.787. The van der Waals surface area contributed by atoms with E-state index in [0.29, 0.717) is 18.5 Å². The van der Waals surface area contributed by atoms with E-state index in [-0.39, 0.29) is 11.7 Å². The summed E-state index contributed by atoms with van der Waals surface area (Å²) in [6, 6.07) is 15.4. The van der Waals surface area contributed by atoms with Crippen molar-refractivity contribution in [3.8, 4) is 0 Å². The van der Waals surface area contributed by atoms with Crippen LogP contribution in [-0.4, -0.2) is 10.5 Å². The average Bonchev–Trinajstić information content (AvgIpc) is 2.86. The van der Waals surface area contributed by atoms with Crippen molar-refractivity contribution < 1.29 is 9.21 Å². The molecule has 0 fully saturated rings. The van der Waals surface area contributed by atoms with Gasteiger partial charge in [-0.05, 0) is 29.7 Å². The maximum atomic E-state index is 11.9. The molecule has 0 atom stereocenters. The Morgan fingerprint density at radius 2 is 1.91 bits per heavy atom. The zero-order chi connectivity index (χ0) is 16.2. The predicted molar refractivity (Wildman–Crippen MR) is 88.1 cm³/mol. The highest BCUT2D eigenvalue weighted by Crippen LogP contribution is 2.14. The number of nitrogens with one attached hydrogen (secondary N) is 1. The number of amides is 1. The third kappa shape index (κ3) is 3.51. The number of rotatable bonds is 5. The average molecular weight is 310 g/mol. The number of carbonyl (C=O) groups is 1. The molecular weight excluding hydrogens is 292 g/mol. The van der Waals surface area contributed by atoms with Gasteiger partial charge in [-0.25, -0.2) is 4.79 Å². The van der Waals surface area contributed by atoms with Gasteiger partial charge >= 0.3 is 5.76 Å². The van der Waals surface area contributed by atoms with Crippen LogP contribution in [0.25, 0.3) is 11.1 Å². The molecule has 5 nitrogen and oxygen atoms in total. The Morgan fingerprint density at radius 3 is 2.70 bits per heavy atom. The largest absolute Gasteiger partial charge is 0.419 e. The molecule has 5 heteroatoms. The SMILES string of the molecule is Cn1c(=O)oc2cc(CNC(=O)CCc3ccccc3)ccc21. The van der Waals surface area contributed by atoms with Crippen molar-refractivity contribution in [3.05, 3.63) is 70.2 Å². The van der Waals surface area contributed by atoms with Crippen molar-refractivity contribution in [1.29, 1.82) is 0 Å². The first-order valence-corrected chi connectivity index (χ1v) is 7.52. The second-order valence-corrected chi connectivity index (χ2v) is 5.49. The van der Waals surface area contributed by atoms with Gasteiger partial charge in [0.2, 0.25) is 5.91 Å². The van der Waals surface area contributed by atoms with E-state index in [2.05, 4.69) is 5.32 Å². The van der Waals surface area contributed by atoms with Gasteiger partial charge in [-0.15, -0.1) is 0 Å². The van der Waals surface area contributed by atoms with Gasteiger partial charge in [0.25, 0.3) is 0 Å². The summed E-state index contributed by atoms with van der Waals surface area (Å²) in [5, 5.41) is 2.89. The number of aryl methyl sites for hydroxylation is 2. The number of nitrogens with zero attached hydrogens (tertiary/aromatic N) is 1. The Kier molecular flexibility index (Phi) is 4.28.